The Bertz CT molecular complexity index is 419. The summed E-state index contributed by atoms with van der Waals surface area (Å²) >= 11 is 0. The predicted molar refractivity (Wildman–Crippen MR) is 63.0 cm³/mol. The molecule has 0 heterocycles. The van der Waals surface area contributed by atoms with E-state index in [0.29, 0.717) is 5.41 Å². The Labute approximate surface area is 96.1 Å². The van der Waals surface area contributed by atoms with Crippen LogP contribution in [0.4, 0.5) is 4.39 Å². The van der Waals surface area contributed by atoms with Gasteiger partial charge >= 0.3 is 0 Å². The SMILES string of the molecule is CNCC12CC(c3ccc(C)cc3F)(C1)C2. The van der Waals surface area contributed by atoms with Crippen LogP contribution in [0.25, 0.3) is 0 Å². The first-order chi connectivity index (χ1) is 7.59. The molecule has 1 nitrogen and oxygen atoms in total. The Hall–Kier alpha value is -0.890. The Kier molecular flexibility index (Phi) is 1.97. The summed E-state index contributed by atoms with van der Waals surface area (Å²) in [6.45, 7) is 3.03. The van der Waals surface area contributed by atoms with Crippen LogP contribution in [-0.4, -0.2) is 13.6 Å². The molecule has 2 heteroatoms. The van der Waals surface area contributed by atoms with Gasteiger partial charge in [-0.3, -0.25) is 0 Å². The topological polar surface area (TPSA) is 12.0 Å². The van der Waals surface area contributed by atoms with Crippen molar-refractivity contribution in [1.82, 2.24) is 5.32 Å². The third kappa shape index (κ3) is 1.20. The molecule has 0 saturated heterocycles. The Morgan fingerprint density at radius 2 is 2.00 bits per heavy atom. The molecule has 0 amide bonds. The molecule has 3 fully saturated rings. The van der Waals surface area contributed by atoms with Gasteiger partial charge in [0.2, 0.25) is 0 Å². The maximum absolute atomic E-state index is 13.9. The van der Waals surface area contributed by atoms with Gasteiger partial charge in [-0.2, -0.15) is 0 Å². The lowest BCUT2D eigenvalue weighted by molar-refractivity contribution is -0.138. The number of hydrogen-bond donors (Lipinski definition) is 1. The first-order valence-electron chi connectivity index (χ1n) is 6.01. The van der Waals surface area contributed by atoms with Crippen LogP contribution in [0.2, 0.25) is 0 Å². The highest BCUT2D eigenvalue weighted by atomic mass is 19.1. The molecule has 16 heavy (non-hydrogen) atoms. The number of nitrogens with one attached hydrogen (secondary N) is 1. The minimum atomic E-state index is -0.00208. The number of aryl methyl sites for hydroxylation is 1. The van der Waals surface area contributed by atoms with Gasteiger partial charge in [-0.05, 0) is 61.3 Å². The van der Waals surface area contributed by atoms with E-state index in [-0.39, 0.29) is 11.2 Å². The average molecular weight is 219 g/mol. The Morgan fingerprint density at radius 3 is 2.56 bits per heavy atom. The first kappa shape index (κ1) is 10.3. The van der Waals surface area contributed by atoms with Crippen molar-refractivity contribution in [3.63, 3.8) is 0 Å². The van der Waals surface area contributed by atoms with Gasteiger partial charge in [0.05, 0.1) is 0 Å². The summed E-state index contributed by atoms with van der Waals surface area (Å²) in [5, 5.41) is 3.25. The average Bonchev–Trinajstić information content (AvgIpc) is 2.10. The molecule has 3 saturated carbocycles. The van der Waals surface area contributed by atoms with E-state index in [1.807, 2.05) is 26.1 Å². The van der Waals surface area contributed by atoms with E-state index in [0.717, 1.165) is 17.7 Å². The van der Waals surface area contributed by atoms with Crippen LogP contribution in [0.15, 0.2) is 18.2 Å². The van der Waals surface area contributed by atoms with Crippen molar-refractivity contribution in [3.8, 4) is 0 Å². The van der Waals surface area contributed by atoms with Crippen molar-refractivity contribution >= 4 is 0 Å². The number of hydrogen-bond acceptors (Lipinski definition) is 1. The van der Waals surface area contributed by atoms with Gasteiger partial charge in [-0.1, -0.05) is 12.1 Å². The second-order valence-electron chi connectivity index (χ2n) is 5.82. The summed E-state index contributed by atoms with van der Waals surface area (Å²) in [7, 11) is 2.00. The maximum Gasteiger partial charge on any atom is 0.127 e. The fraction of sp³-hybridized carbons (Fsp3) is 0.571. The molecule has 1 aromatic carbocycles. The Balaban J connectivity index is 1.82. The van der Waals surface area contributed by atoms with E-state index in [4.69, 9.17) is 0 Å². The largest absolute Gasteiger partial charge is 0.319 e. The summed E-state index contributed by atoms with van der Waals surface area (Å²) in [4.78, 5) is 0. The molecule has 3 aliphatic rings. The fourth-order valence-corrected chi connectivity index (χ4v) is 3.90. The van der Waals surface area contributed by atoms with Crippen LogP contribution in [0, 0.1) is 18.2 Å². The number of halogens is 1. The molecule has 4 rings (SSSR count). The van der Waals surface area contributed by atoms with Gasteiger partial charge in [0.25, 0.3) is 0 Å². The summed E-state index contributed by atoms with van der Waals surface area (Å²) in [6.07, 6.45) is 3.50. The number of benzene rings is 1. The quantitative estimate of drug-likeness (QED) is 0.824. The van der Waals surface area contributed by atoms with Crippen molar-refractivity contribution in [1.29, 1.82) is 0 Å². The van der Waals surface area contributed by atoms with E-state index in [2.05, 4.69) is 5.32 Å². The highest BCUT2D eigenvalue weighted by Gasteiger charge is 2.68. The second kappa shape index (κ2) is 3.07. The maximum atomic E-state index is 13.9. The summed E-state index contributed by atoms with van der Waals surface area (Å²) in [5.74, 6) is -0.00208. The van der Waals surface area contributed by atoms with Crippen LogP contribution in [-0.2, 0) is 5.41 Å². The van der Waals surface area contributed by atoms with Crippen LogP contribution in [0.3, 0.4) is 0 Å². The van der Waals surface area contributed by atoms with Crippen molar-refractivity contribution in [2.24, 2.45) is 5.41 Å². The molecule has 1 aromatic rings. The highest BCUT2D eigenvalue weighted by molar-refractivity contribution is 5.40. The summed E-state index contributed by atoms with van der Waals surface area (Å²) < 4.78 is 13.9. The molecular weight excluding hydrogens is 201 g/mol. The molecule has 1 N–H and O–H groups in total. The zero-order valence-corrected chi connectivity index (χ0v) is 9.94. The van der Waals surface area contributed by atoms with Crippen LogP contribution >= 0.6 is 0 Å². The van der Waals surface area contributed by atoms with E-state index < -0.39 is 0 Å². The third-order valence-corrected chi connectivity index (χ3v) is 4.39. The molecular formula is C14H18FN. The molecule has 0 atom stereocenters. The van der Waals surface area contributed by atoms with Gasteiger partial charge in [0.1, 0.15) is 5.82 Å². The van der Waals surface area contributed by atoms with Gasteiger partial charge in [-0.15, -0.1) is 0 Å². The fourth-order valence-electron chi connectivity index (χ4n) is 3.90. The molecule has 86 valence electrons. The van der Waals surface area contributed by atoms with Crippen molar-refractivity contribution < 1.29 is 4.39 Å². The first-order valence-corrected chi connectivity index (χ1v) is 6.01. The van der Waals surface area contributed by atoms with Gasteiger partial charge < -0.3 is 5.32 Å². The molecule has 0 unspecified atom stereocenters. The van der Waals surface area contributed by atoms with Crippen molar-refractivity contribution in [2.45, 2.75) is 31.6 Å². The normalized spacial score (nSPS) is 35.4. The molecule has 0 aromatic heterocycles. The zero-order chi connectivity index (χ0) is 11.4. The van der Waals surface area contributed by atoms with Crippen LogP contribution in [0.1, 0.15) is 30.4 Å². The minimum absolute atomic E-state index is 0.00208. The lowest BCUT2D eigenvalue weighted by Crippen LogP contribution is -2.67. The minimum Gasteiger partial charge on any atom is -0.319 e. The van der Waals surface area contributed by atoms with Crippen LogP contribution < -0.4 is 5.32 Å². The predicted octanol–water partition coefficient (Wildman–Crippen LogP) is 2.78. The summed E-state index contributed by atoms with van der Waals surface area (Å²) in [6, 6.07) is 5.69. The zero-order valence-electron chi connectivity index (χ0n) is 9.94. The molecule has 0 aliphatic heterocycles. The van der Waals surface area contributed by atoms with E-state index >= 15 is 0 Å². The van der Waals surface area contributed by atoms with E-state index in [1.165, 1.54) is 19.3 Å². The Morgan fingerprint density at radius 1 is 1.31 bits per heavy atom. The van der Waals surface area contributed by atoms with E-state index in [9.17, 15) is 4.39 Å². The lowest BCUT2D eigenvalue weighted by Gasteiger charge is -2.71. The molecule has 0 spiro atoms. The number of rotatable bonds is 3. The van der Waals surface area contributed by atoms with Crippen LogP contribution in [0.5, 0.6) is 0 Å². The third-order valence-electron chi connectivity index (χ3n) is 4.39. The highest BCUT2D eigenvalue weighted by Crippen LogP contribution is 2.73. The van der Waals surface area contributed by atoms with Crippen molar-refractivity contribution in [2.75, 3.05) is 13.6 Å². The monoisotopic (exact) mass is 219 g/mol. The smallest absolute Gasteiger partial charge is 0.127 e. The van der Waals surface area contributed by atoms with Gasteiger partial charge in [0, 0.05) is 6.54 Å². The second-order valence-corrected chi connectivity index (χ2v) is 5.82. The van der Waals surface area contributed by atoms with E-state index in [1.54, 1.807) is 6.07 Å². The van der Waals surface area contributed by atoms with Gasteiger partial charge in [0.15, 0.2) is 0 Å². The molecule has 0 radical (unpaired) electrons. The van der Waals surface area contributed by atoms with Gasteiger partial charge in [-0.25, -0.2) is 4.39 Å². The lowest BCUT2D eigenvalue weighted by atomic mass is 9.33. The van der Waals surface area contributed by atoms with Crippen molar-refractivity contribution in [3.05, 3.63) is 35.1 Å². The molecule has 3 aliphatic carbocycles. The molecule has 2 bridgehead atoms. The standard InChI is InChI=1S/C14H18FN/c1-10-3-4-11(12(15)5-10)14-6-13(7-14,8-14)9-16-2/h3-5,16H,6-9H2,1-2H3. The summed E-state index contributed by atoms with van der Waals surface area (Å²) in [5.41, 5.74) is 2.65.